The van der Waals surface area contributed by atoms with Crippen molar-refractivity contribution in [3.05, 3.63) is 64.0 Å². The van der Waals surface area contributed by atoms with Crippen LogP contribution in [0.15, 0.2) is 47.2 Å². The van der Waals surface area contributed by atoms with Crippen molar-refractivity contribution < 1.29 is 14.3 Å². The zero-order chi connectivity index (χ0) is 17.6. The normalized spacial score (nSPS) is 10.4. The van der Waals surface area contributed by atoms with E-state index in [9.17, 15) is 9.59 Å². The Labute approximate surface area is 153 Å². The predicted octanol–water partition coefficient (Wildman–Crippen LogP) is 3.65. The van der Waals surface area contributed by atoms with Gasteiger partial charge in [0, 0.05) is 10.9 Å². The maximum atomic E-state index is 12.0. The summed E-state index contributed by atoms with van der Waals surface area (Å²) >= 11 is 3.13. The molecule has 0 aliphatic heterocycles. The highest BCUT2D eigenvalue weighted by molar-refractivity contribution is 7.20. The Kier molecular flexibility index (Phi) is 5.57. The van der Waals surface area contributed by atoms with Crippen LogP contribution in [0.2, 0.25) is 0 Å². The van der Waals surface area contributed by atoms with Crippen LogP contribution in [0.5, 0.6) is 0 Å². The Balaban J connectivity index is 1.46. The van der Waals surface area contributed by atoms with Gasteiger partial charge in [0.15, 0.2) is 0 Å². The third-order valence-corrected chi connectivity index (χ3v) is 5.27. The molecule has 0 unspecified atom stereocenters. The summed E-state index contributed by atoms with van der Waals surface area (Å²) in [5.74, 6) is -0.791. The summed E-state index contributed by atoms with van der Waals surface area (Å²) in [6.45, 7) is 1.83. The Morgan fingerprint density at radius 3 is 2.84 bits per heavy atom. The highest BCUT2D eigenvalue weighted by Gasteiger charge is 2.11. The first-order chi connectivity index (χ1) is 12.1. The maximum absolute atomic E-state index is 12.0. The molecule has 0 atom stereocenters. The molecule has 0 spiro atoms. The summed E-state index contributed by atoms with van der Waals surface area (Å²) in [6.07, 6.45) is 0. The lowest BCUT2D eigenvalue weighted by Crippen LogP contribution is -2.30. The van der Waals surface area contributed by atoms with E-state index in [-0.39, 0.29) is 19.1 Å². The Bertz CT molecular complexity index is 872. The van der Waals surface area contributed by atoms with Gasteiger partial charge in [0.2, 0.25) is 0 Å². The van der Waals surface area contributed by atoms with E-state index in [1.54, 1.807) is 29.5 Å². The summed E-state index contributed by atoms with van der Waals surface area (Å²) < 4.78 is 5.16. The fourth-order valence-electron chi connectivity index (χ4n) is 2.13. The van der Waals surface area contributed by atoms with E-state index in [0.717, 1.165) is 15.4 Å². The molecule has 0 radical (unpaired) electrons. The fourth-order valence-corrected chi connectivity index (χ4v) is 3.75. The number of hydrogen-bond donors (Lipinski definition) is 1. The fraction of sp³-hybridized carbons (Fsp3) is 0.167. The molecule has 7 heteroatoms. The average molecular weight is 372 g/mol. The van der Waals surface area contributed by atoms with Crippen LogP contribution in [0.4, 0.5) is 0 Å². The van der Waals surface area contributed by atoms with Crippen molar-refractivity contribution in [2.24, 2.45) is 0 Å². The molecule has 0 fully saturated rings. The first kappa shape index (κ1) is 17.3. The van der Waals surface area contributed by atoms with Gasteiger partial charge in [0.1, 0.15) is 18.2 Å². The zero-order valence-corrected chi connectivity index (χ0v) is 15.2. The van der Waals surface area contributed by atoms with Crippen LogP contribution in [-0.4, -0.2) is 23.4 Å². The number of hydrogen-bond acceptors (Lipinski definition) is 6. The number of aromatic nitrogens is 1. The van der Waals surface area contributed by atoms with Crippen molar-refractivity contribution in [1.29, 1.82) is 0 Å². The number of carbonyl (C=O) groups is 2. The van der Waals surface area contributed by atoms with Gasteiger partial charge in [-0.15, -0.1) is 22.7 Å². The third kappa shape index (κ3) is 4.74. The number of aryl methyl sites for hydroxylation is 1. The predicted molar refractivity (Wildman–Crippen MR) is 98.7 cm³/mol. The summed E-state index contributed by atoms with van der Waals surface area (Å²) in [7, 11) is 0. The number of nitrogens with one attached hydrogen (secondary N) is 1. The van der Waals surface area contributed by atoms with E-state index in [0.29, 0.717) is 11.3 Å². The molecule has 0 aliphatic carbocycles. The number of carbonyl (C=O) groups excluding carboxylic acids is 2. The standard InChI is InChI=1S/C18H16N2O3S2/c1-12-4-2-5-13(8-12)17(22)19-9-16(21)23-10-14-11-25-18(20-14)15-6-3-7-24-15/h2-8,11H,9-10H2,1H3,(H,19,22). The van der Waals surface area contributed by atoms with Gasteiger partial charge in [-0.1, -0.05) is 23.8 Å². The van der Waals surface area contributed by atoms with Gasteiger partial charge in [0.05, 0.1) is 10.6 Å². The number of esters is 1. The van der Waals surface area contributed by atoms with Crippen LogP contribution in [0.1, 0.15) is 21.6 Å². The van der Waals surface area contributed by atoms with Gasteiger partial charge >= 0.3 is 5.97 Å². The summed E-state index contributed by atoms with van der Waals surface area (Å²) in [6, 6.07) is 11.1. The molecule has 25 heavy (non-hydrogen) atoms. The van der Waals surface area contributed by atoms with Crippen molar-refractivity contribution in [2.45, 2.75) is 13.5 Å². The molecule has 1 amide bonds. The Morgan fingerprint density at radius 1 is 1.20 bits per heavy atom. The highest BCUT2D eigenvalue weighted by atomic mass is 32.1. The number of thiazole rings is 1. The monoisotopic (exact) mass is 372 g/mol. The molecule has 0 bridgehead atoms. The Hall–Kier alpha value is -2.51. The number of nitrogens with zero attached hydrogens (tertiary/aromatic N) is 1. The van der Waals surface area contributed by atoms with Gasteiger partial charge in [0.25, 0.3) is 5.91 Å². The lowest BCUT2D eigenvalue weighted by Gasteiger charge is -2.06. The molecule has 3 rings (SSSR count). The lowest BCUT2D eigenvalue weighted by molar-refractivity contribution is -0.143. The topological polar surface area (TPSA) is 68.3 Å². The second-order valence-electron chi connectivity index (χ2n) is 5.33. The SMILES string of the molecule is Cc1cccc(C(=O)NCC(=O)OCc2csc(-c3cccs3)n2)c1. The molecular formula is C18H16N2O3S2. The van der Waals surface area contributed by atoms with E-state index in [1.807, 2.05) is 35.9 Å². The third-order valence-electron chi connectivity index (χ3n) is 3.34. The van der Waals surface area contributed by atoms with Gasteiger partial charge < -0.3 is 10.1 Å². The second-order valence-corrected chi connectivity index (χ2v) is 7.14. The number of benzene rings is 1. The van der Waals surface area contributed by atoms with Crippen molar-refractivity contribution >= 4 is 34.6 Å². The zero-order valence-electron chi connectivity index (χ0n) is 13.5. The first-order valence-electron chi connectivity index (χ1n) is 7.60. The van der Waals surface area contributed by atoms with Crippen LogP contribution in [0.25, 0.3) is 9.88 Å². The number of thiophene rings is 1. The molecule has 0 aliphatic rings. The van der Waals surface area contributed by atoms with E-state index in [1.165, 1.54) is 11.3 Å². The summed E-state index contributed by atoms with van der Waals surface area (Å²) in [4.78, 5) is 29.3. The highest BCUT2D eigenvalue weighted by Crippen LogP contribution is 2.27. The minimum Gasteiger partial charge on any atom is -0.458 e. The number of amides is 1. The molecule has 3 aromatic rings. The molecule has 2 heterocycles. The average Bonchev–Trinajstić information content (AvgIpc) is 3.29. The van der Waals surface area contributed by atoms with E-state index in [4.69, 9.17) is 4.74 Å². The van der Waals surface area contributed by atoms with Crippen LogP contribution < -0.4 is 5.32 Å². The number of rotatable bonds is 6. The molecule has 1 N–H and O–H groups in total. The minimum absolute atomic E-state index is 0.0982. The minimum atomic E-state index is -0.494. The van der Waals surface area contributed by atoms with Gasteiger partial charge in [-0.05, 0) is 30.5 Å². The molecule has 1 aromatic carbocycles. The van der Waals surface area contributed by atoms with E-state index < -0.39 is 5.97 Å². The first-order valence-corrected chi connectivity index (χ1v) is 9.36. The van der Waals surface area contributed by atoms with Gasteiger partial charge in [-0.2, -0.15) is 0 Å². The molecule has 0 saturated heterocycles. The van der Waals surface area contributed by atoms with Crippen molar-refractivity contribution in [2.75, 3.05) is 6.54 Å². The molecule has 2 aromatic heterocycles. The van der Waals surface area contributed by atoms with Crippen LogP contribution in [0.3, 0.4) is 0 Å². The summed E-state index contributed by atoms with van der Waals surface area (Å²) in [5.41, 5.74) is 2.21. The van der Waals surface area contributed by atoms with Crippen molar-refractivity contribution in [3.8, 4) is 9.88 Å². The Morgan fingerprint density at radius 2 is 2.08 bits per heavy atom. The van der Waals surface area contributed by atoms with Crippen LogP contribution in [-0.2, 0) is 16.1 Å². The maximum Gasteiger partial charge on any atom is 0.325 e. The van der Waals surface area contributed by atoms with Crippen LogP contribution in [0, 0.1) is 6.92 Å². The van der Waals surface area contributed by atoms with E-state index in [2.05, 4.69) is 10.3 Å². The summed E-state index contributed by atoms with van der Waals surface area (Å²) in [5, 5.41) is 7.33. The van der Waals surface area contributed by atoms with Crippen molar-refractivity contribution in [1.82, 2.24) is 10.3 Å². The number of ether oxygens (including phenoxy) is 1. The quantitative estimate of drug-likeness (QED) is 0.671. The van der Waals surface area contributed by atoms with E-state index >= 15 is 0 Å². The van der Waals surface area contributed by atoms with Crippen molar-refractivity contribution in [3.63, 3.8) is 0 Å². The molecule has 128 valence electrons. The second kappa shape index (κ2) is 8.04. The van der Waals surface area contributed by atoms with Crippen LogP contribution >= 0.6 is 22.7 Å². The molecule has 0 saturated carbocycles. The molecular weight excluding hydrogens is 356 g/mol. The lowest BCUT2D eigenvalue weighted by atomic mass is 10.1. The molecule has 5 nitrogen and oxygen atoms in total. The van der Waals surface area contributed by atoms with Gasteiger partial charge in [-0.3, -0.25) is 9.59 Å². The van der Waals surface area contributed by atoms with Gasteiger partial charge in [-0.25, -0.2) is 4.98 Å². The largest absolute Gasteiger partial charge is 0.458 e. The smallest absolute Gasteiger partial charge is 0.325 e.